The summed E-state index contributed by atoms with van der Waals surface area (Å²) in [5, 5.41) is 8.95. The van der Waals surface area contributed by atoms with Gasteiger partial charge in [-0.25, -0.2) is 0 Å². The molecule has 0 aliphatic carbocycles. The van der Waals surface area contributed by atoms with Crippen molar-refractivity contribution in [2.75, 3.05) is 19.7 Å². The van der Waals surface area contributed by atoms with Gasteiger partial charge in [-0.1, -0.05) is 6.07 Å². The van der Waals surface area contributed by atoms with Crippen LogP contribution in [0, 0.1) is 0 Å². The van der Waals surface area contributed by atoms with Crippen LogP contribution in [0.3, 0.4) is 0 Å². The van der Waals surface area contributed by atoms with Crippen LogP contribution in [0.4, 0.5) is 0 Å². The molecule has 1 heterocycles. The largest absolute Gasteiger partial charge is 0.396 e. The number of aliphatic hydroxyl groups is 1. The van der Waals surface area contributed by atoms with E-state index in [1.807, 2.05) is 18.2 Å². The predicted octanol–water partition coefficient (Wildman–Crippen LogP) is 1.17. The molecule has 3 N–H and O–H groups in total. The molecule has 0 saturated heterocycles. The Balaban J connectivity index is 2.81. The van der Waals surface area contributed by atoms with Gasteiger partial charge in [0.1, 0.15) is 0 Å². The molecule has 0 spiro atoms. The summed E-state index contributed by atoms with van der Waals surface area (Å²) in [5.41, 5.74) is 6.87. The van der Waals surface area contributed by atoms with Gasteiger partial charge in [0.25, 0.3) is 0 Å². The lowest BCUT2D eigenvalue weighted by Gasteiger charge is -2.33. The van der Waals surface area contributed by atoms with E-state index in [0.29, 0.717) is 12.6 Å². The average molecular weight is 237 g/mol. The SMILES string of the molecule is CC(C)N(CCCO)C(CN)c1ccccn1. The highest BCUT2D eigenvalue weighted by atomic mass is 16.3. The minimum Gasteiger partial charge on any atom is -0.396 e. The fourth-order valence-electron chi connectivity index (χ4n) is 2.03. The molecule has 1 rings (SSSR count). The molecular formula is C13H23N3O. The van der Waals surface area contributed by atoms with Gasteiger partial charge in [0.15, 0.2) is 0 Å². The van der Waals surface area contributed by atoms with Gasteiger partial charge in [0, 0.05) is 31.9 Å². The Bertz CT molecular complexity index is 303. The van der Waals surface area contributed by atoms with E-state index in [4.69, 9.17) is 10.8 Å². The van der Waals surface area contributed by atoms with Gasteiger partial charge in [-0.05, 0) is 32.4 Å². The summed E-state index contributed by atoms with van der Waals surface area (Å²) in [6.45, 7) is 5.88. The van der Waals surface area contributed by atoms with Crippen LogP contribution in [0.1, 0.15) is 32.0 Å². The zero-order valence-electron chi connectivity index (χ0n) is 10.7. The summed E-state index contributed by atoms with van der Waals surface area (Å²) in [5.74, 6) is 0. The molecular weight excluding hydrogens is 214 g/mol. The number of aliphatic hydroxyl groups excluding tert-OH is 1. The van der Waals surface area contributed by atoms with E-state index in [0.717, 1.165) is 18.7 Å². The predicted molar refractivity (Wildman–Crippen MR) is 69.6 cm³/mol. The molecule has 1 aromatic rings. The number of pyridine rings is 1. The molecule has 1 atom stereocenters. The molecule has 1 unspecified atom stereocenters. The van der Waals surface area contributed by atoms with E-state index in [9.17, 15) is 0 Å². The fourth-order valence-corrected chi connectivity index (χ4v) is 2.03. The van der Waals surface area contributed by atoms with Crippen LogP contribution in [0.15, 0.2) is 24.4 Å². The zero-order valence-corrected chi connectivity index (χ0v) is 10.7. The standard InChI is InChI=1S/C13H23N3O/c1-11(2)16(8-5-9-17)13(10-14)12-6-3-4-7-15-12/h3-4,6-7,11,13,17H,5,8-10,14H2,1-2H3. The minimum atomic E-state index is 0.128. The van der Waals surface area contributed by atoms with Gasteiger partial charge in [0.2, 0.25) is 0 Å². The van der Waals surface area contributed by atoms with Crippen LogP contribution in [0.25, 0.3) is 0 Å². The van der Waals surface area contributed by atoms with Crippen LogP contribution >= 0.6 is 0 Å². The second kappa shape index (κ2) is 7.37. The van der Waals surface area contributed by atoms with E-state index >= 15 is 0 Å². The number of aromatic nitrogens is 1. The second-order valence-corrected chi connectivity index (χ2v) is 4.41. The lowest BCUT2D eigenvalue weighted by molar-refractivity contribution is 0.138. The highest BCUT2D eigenvalue weighted by Crippen LogP contribution is 2.20. The summed E-state index contributed by atoms with van der Waals surface area (Å²) in [7, 11) is 0. The number of hydrogen-bond donors (Lipinski definition) is 2. The Morgan fingerprint density at radius 3 is 2.65 bits per heavy atom. The quantitative estimate of drug-likeness (QED) is 0.747. The summed E-state index contributed by atoms with van der Waals surface area (Å²) in [4.78, 5) is 6.67. The first-order valence-electron chi connectivity index (χ1n) is 6.18. The van der Waals surface area contributed by atoms with Gasteiger partial charge < -0.3 is 10.8 Å². The van der Waals surface area contributed by atoms with Gasteiger partial charge in [-0.3, -0.25) is 9.88 Å². The van der Waals surface area contributed by atoms with Crippen LogP contribution in [0.2, 0.25) is 0 Å². The van der Waals surface area contributed by atoms with Crippen molar-refractivity contribution >= 4 is 0 Å². The molecule has 17 heavy (non-hydrogen) atoms. The highest BCUT2D eigenvalue weighted by Gasteiger charge is 2.21. The Hall–Kier alpha value is -0.970. The van der Waals surface area contributed by atoms with Gasteiger partial charge in [-0.2, -0.15) is 0 Å². The number of nitrogens with zero attached hydrogens (tertiary/aromatic N) is 2. The van der Waals surface area contributed by atoms with E-state index in [1.165, 1.54) is 0 Å². The molecule has 96 valence electrons. The van der Waals surface area contributed by atoms with Crippen molar-refractivity contribution in [3.05, 3.63) is 30.1 Å². The van der Waals surface area contributed by atoms with E-state index < -0.39 is 0 Å². The van der Waals surface area contributed by atoms with E-state index in [1.54, 1.807) is 6.20 Å². The topological polar surface area (TPSA) is 62.4 Å². The maximum atomic E-state index is 8.95. The first-order chi connectivity index (χ1) is 8.20. The number of nitrogens with two attached hydrogens (primary N) is 1. The molecule has 0 saturated carbocycles. The summed E-state index contributed by atoms with van der Waals surface area (Å²) < 4.78 is 0. The zero-order chi connectivity index (χ0) is 12.7. The van der Waals surface area contributed by atoms with Crippen molar-refractivity contribution in [1.29, 1.82) is 0 Å². The first-order valence-corrected chi connectivity index (χ1v) is 6.18. The third-order valence-electron chi connectivity index (χ3n) is 2.89. The molecule has 0 radical (unpaired) electrons. The van der Waals surface area contributed by atoms with Crippen LogP contribution in [0.5, 0.6) is 0 Å². The van der Waals surface area contributed by atoms with Crippen molar-refractivity contribution in [2.45, 2.75) is 32.4 Å². The number of hydrogen-bond acceptors (Lipinski definition) is 4. The van der Waals surface area contributed by atoms with Crippen LogP contribution in [-0.2, 0) is 0 Å². The Morgan fingerprint density at radius 2 is 2.18 bits per heavy atom. The molecule has 0 aliphatic rings. The lowest BCUT2D eigenvalue weighted by Crippen LogP contribution is -2.40. The monoisotopic (exact) mass is 237 g/mol. The maximum Gasteiger partial charge on any atom is 0.0646 e. The van der Waals surface area contributed by atoms with Gasteiger partial charge in [-0.15, -0.1) is 0 Å². The second-order valence-electron chi connectivity index (χ2n) is 4.41. The Morgan fingerprint density at radius 1 is 1.41 bits per heavy atom. The maximum absolute atomic E-state index is 8.95. The third kappa shape index (κ3) is 4.07. The molecule has 0 bridgehead atoms. The lowest BCUT2D eigenvalue weighted by atomic mass is 10.1. The van der Waals surface area contributed by atoms with Crippen molar-refractivity contribution in [2.24, 2.45) is 5.73 Å². The van der Waals surface area contributed by atoms with Gasteiger partial charge >= 0.3 is 0 Å². The average Bonchev–Trinajstić information content (AvgIpc) is 2.35. The summed E-state index contributed by atoms with van der Waals surface area (Å²) in [6.07, 6.45) is 2.56. The highest BCUT2D eigenvalue weighted by molar-refractivity contribution is 5.09. The summed E-state index contributed by atoms with van der Waals surface area (Å²) >= 11 is 0. The summed E-state index contributed by atoms with van der Waals surface area (Å²) in [6, 6.07) is 6.41. The number of rotatable bonds is 7. The molecule has 0 aliphatic heterocycles. The molecule has 4 nitrogen and oxygen atoms in total. The normalized spacial score (nSPS) is 13.3. The Kier molecular flexibility index (Phi) is 6.11. The van der Waals surface area contributed by atoms with E-state index in [2.05, 4.69) is 23.7 Å². The first kappa shape index (κ1) is 14.1. The van der Waals surface area contributed by atoms with Crippen molar-refractivity contribution in [1.82, 2.24) is 9.88 Å². The molecule has 4 heteroatoms. The van der Waals surface area contributed by atoms with Crippen LogP contribution in [-0.4, -0.2) is 40.7 Å². The van der Waals surface area contributed by atoms with Crippen molar-refractivity contribution in [3.8, 4) is 0 Å². The fraction of sp³-hybridized carbons (Fsp3) is 0.615. The minimum absolute atomic E-state index is 0.128. The van der Waals surface area contributed by atoms with Crippen molar-refractivity contribution < 1.29 is 5.11 Å². The molecule has 1 aromatic heterocycles. The van der Waals surface area contributed by atoms with Crippen LogP contribution < -0.4 is 5.73 Å². The molecule has 0 amide bonds. The Labute approximate surface area is 103 Å². The molecule has 0 fully saturated rings. The smallest absolute Gasteiger partial charge is 0.0646 e. The molecule has 0 aromatic carbocycles. The van der Waals surface area contributed by atoms with Crippen molar-refractivity contribution in [3.63, 3.8) is 0 Å². The third-order valence-corrected chi connectivity index (χ3v) is 2.89. The van der Waals surface area contributed by atoms with Gasteiger partial charge in [0.05, 0.1) is 11.7 Å². The van der Waals surface area contributed by atoms with E-state index in [-0.39, 0.29) is 12.6 Å².